The van der Waals surface area contributed by atoms with Crippen LogP contribution >= 0.6 is 23.5 Å². The number of pyridine rings is 1. The van der Waals surface area contributed by atoms with Crippen LogP contribution in [0.1, 0.15) is 15.9 Å². The highest BCUT2D eigenvalue weighted by molar-refractivity contribution is 8.00. The smallest absolute Gasteiger partial charge is 0.272 e. The third kappa shape index (κ3) is 6.75. The average Bonchev–Trinajstić information content (AvgIpc) is 3.07. The normalized spacial score (nSPS) is 12.1. The molecule has 6 rings (SSSR count). The molecule has 1 aliphatic heterocycles. The first-order valence-corrected chi connectivity index (χ1v) is 15.6. The van der Waals surface area contributed by atoms with E-state index in [-0.39, 0.29) is 17.4 Å². The Labute approximate surface area is 263 Å². The zero-order valence-corrected chi connectivity index (χ0v) is 25.0. The van der Waals surface area contributed by atoms with Gasteiger partial charge in [0, 0.05) is 38.3 Å². The Morgan fingerprint density at radius 2 is 1.43 bits per heavy atom. The van der Waals surface area contributed by atoms with Gasteiger partial charge in [-0.05, 0) is 78.4 Å². The van der Waals surface area contributed by atoms with Crippen molar-refractivity contribution in [2.45, 2.75) is 14.7 Å². The Hall–Kier alpha value is -5.12. The van der Waals surface area contributed by atoms with Crippen LogP contribution in [0.2, 0.25) is 0 Å². The summed E-state index contributed by atoms with van der Waals surface area (Å²) in [6, 6.07) is 35.3. The summed E-state index contributed by atoms with van der Waals surface area (Å²) in [4.78, 5) is 48.5. The van der Waals surface area contributed by atoms with E-state index in [1.165, 1.54) is 11.8 Å². The molecule has 44 heavy (non-hydrogen) atoms. The maximum Gasteiger partial charge on any atom is 0.272 e. The maximum atomic E-state index is 13.5. The molecule has 1 aromatic heterocycles. The fraction of sp³-hybridized carbons (Fsp3) is 0.0286. The Morgan fingerprint density at radius 3 is 2.09 bits per heavy atom. The van der Waals surface area contributed by atoms with Crippen LogP contribution < -0.4 is 15.5 Å². The number of nitrogens with one attached hydrogen (secondary N) is 2. The molecule has 0 saturated heterocycles. The lowest BCUT2D eigenvalue weighted by Crippen LogP contribution is -2.30. The monoisotopic (exact) mass is 614 g/mol. The number of para-hydroxylation sites is 2. The van der Waals surface area contributed by atoms with Gasteiger partial charge in [-0.1, -0.05) is 60.3 Å². The molecule has 5 aromatic rings. The lowest BCUT2D eigenvalue weighted by atomic mass is 10.2. The third-order valence-electron chi connectivity index (χ3n) is 6.68. The average molecular weight is 615 g/mol. The molecule has 0 bridgehead atoms. The summed E-state index contributed by atoms with van der Waals surface area (Å²) in [5.41, 5.74) is 3.50. The summed E-state index contributed by atoms with van der Waals surface area (Å²) in [5, 5.41) is 5.58. The van der Waals surface area contributed by atoms with Crippen LogP contribution in [0.5, 0.6) is 0 Å². The number of hydrogen-bond donors (Lipinski definition) is 2. The predicted octanol–water partition coefficient (Wildman–Crippen LogP) is 7.41. The number of carbonyl (C=O) groups is 3. The lowest BCUT2D eigenvalue weighted by Gasteiger charge is -2.31. The molecule has 0 radical (unpaired) electrons. The molecule has 1 aliphatic rings. The van der Waals surface area contributed by atoms with Crippen molar-refractivity contribution >= 4 is 64.4 Å². The van der Waals surface area contributed by atoms with E-state index in [0.29, 0.717) is 16.8 Å². The molecule has 0 fully saturated rings. The third-order valence-corrected chi connectivity index (χ3v) is 8.81. The summed E-state index contributed by atoms with van der Waals surface area (Å²) in [6.45, 7) is 0. The van der Waals surface area contributed by atoms with Crippen molar-refractivity contribution in [3.8, 4) is 0 Å². The first-order valence-electron chi connectivity index (χ1n) is 13.8. The van der Waals surface area contributed by atoms with Gasteiger partial charge in [-0.25, -0.2) is 0 Å². The quantitative estimate of drug-likeness (QED) is 0.140. The van der Waals surface area contributed by atoms with Crippen LogP contribution in [-0.4, -0.2) is 28.5 Å². The van der Waals surface area contributed by atoms with Gasteiger partial charge in [0.25, 0.3) is 11.8 Å². The molecule has 2 N–H and O–H groups in total. The largest absolute Gasteiger partial charge is 0.321 e. The van der Waals surface area contributed by atoms with Crippen molar-refractivity contribution in [1.29, 1.82) is 0 Å². The van der Waals surface area contributed by atoms with Gasteiger partial charge in [0.05, 0.1) is 17.1 Å². The van der Waals surface area contributed by atoms with Crippen molar-refractivity contribution in [3.63, 3.8) is 0 Å². The number of benzene rings is 4. The molecule has 9 heteroatoms. The summed E-state index contributed by atoms with van der Waals surface area (Å²) in [7, 11) is 0. The second kappa shape index (κ2) is 13.5. The molecule has 4 aromatic carbocycles. The molecule has 0 saturated carbocycles. The number of rotatable bonds is 8. The molecule has 0 unspecified atom stereocenters. The van der Waals surface area contributed by atoms with E-state index in [4.69, 9.17) is 0 Å². The first-order chi connectivity index (χ1) is 21.5. The predicted molar refractivity (Wildman–Crippen MR) is 176 cm³/mol. The minimum absolute atomic E-state index is 0.0214. The molecule has 0 atom stereocenters. The fourth-order valence-corrected chi connectivity index (χ4v) is 6.39. The van der Waals surface area contributed by atoms with E-state index in [9.17, 15) is 14.4 Å². The standard InChI is InChI=1S/C35H26N4O3S2/c40-33(39-29-12-4-6-14-31(29)44-32-15-7-5-13-30(32)39)23-43-27-18-16-26(17-19-27)37-35(42)28(21-24-9-8-20-36-22-24)38-34(41)25-10-2-1-3-11-25/h1-22H,23H2,(H,37,42)(H,38,41)/b28-21-. The van der Waals surface area contributed by atoms with Crippen LogP contribution in [0, 0.1) is 0 Å². The van der Waals surface area contributed by atoms with Gasteiger partial charge in [-0.2, -0.15) is 0 Å². The molecule has 3 amide bonds. The Morgan fingerprint density at radius 1 is 0.773 bits per heavy atom. The summed E-state index contributed by atoms with van der Waals surface area (Å²) in [5.74, 6) is -0.659. The number of hydrogen-bond acceptors (Lipinski definition) is 6. The number of amides is 3. The topological polar surface area (TPSA) is 91.4 Å². The van der Waals surface area contributed by atoms with Crippen molar-refractivity contribution in [2.24, 2.45) is 0 Å². The number of anilines is 3. The number of aromatic nitrogens is 1. The van der Waals surface area contributed by atoms with E-state index in [0.717, 1.165) is 26.1 Å². The highest BCUT2D eigenvalue weighted by Gasteiger charge is 2.27. The zero-order chi connectivity index (χ0) is 30.3. The molecular formula is C35H26N4O3S2. The highest BCUT2D eigenvalue weighted by Crippen LogP contribution is 2.48. The van der Waals surface area contributed by atoms with Crippen molar-refractivity contribution < 1.29 is 14.4 Å². The molecule has 7 nitrogen and oxygen atoms in total. The lowest BCUT2D eigenvalue weighted by molar-refractivity contribution is -0.115. The maximum absolute atomic E-state index is 13.5. The number of nitrogens with zero attached hydrogens (tertiary/aromatic N) is 2. The number of fused-ring (bicyclic) bond motifs is 2. The van der Waals surface area contributed by atoms with Gasteiger partial charge in [0.2, 0.25) is 5.91 Å². The van der Waals surface area contributed by atoms with Crippen LogP contribution in [0.4, 0.5) is 17.1 Å². The van der Waals surface area contributed by atoms with Gasteiger partial charge < -0.3 is 10.6 Å². The SMILES string of the molecule is O=C(Nc1ccc(SCC(=O)N2c3ccccc3Sc3ccccc32)cc1)/C(=C/c1cccnc1)NC(=O)c1ccccc1. The van der Waals surface area contributed by atoms with Crippen LogP contribution in [-0.2, 0) is 9.59 Å². The van der Waals surface area contributed by atoms with Crippen molar-refractivity contribution in [3.05, 3.63) is 144 Å². The fourth-order valence-electron chi connectivity index (χ4n) is 4.59. The summed E-state index contributed by atoms with van der Waals surface area (Å²) >= 11 is 3.09. The van der Waals surface area contributed by atoms with Gasteiger partial charge in [0.1, 0.15) is 5.70 Å². The van der Waals surface area contributed by atoms with Crippen LogP contribution in [0.3, 0.4) is 0 Å². The van der Waals surface area contributed by atoms with Crippen LogP contribution in [0.25, 0.3) is 6.08 Å². The molecule has 0 spiro atoms. The highest BCUT2D eigenvalue weighted by atomic mass is 32.2. The second-order valence-corrected chi connectivity index (χ2v) is 11.8. The molecule has 216 valence electrons. The van der Waals surface area contributed by atoms with Crippen molar-refractivity contribution in [2.75, 3.05) is 16.0 Å². The summed E-state index contributed by atoms with van der Waals surface area (Å²) < 4.78 is 0. The van der Waals surface area contributed by atoms with Gasteiger partial charge >= 0.3 is 0 Å². The minimum atomic E-state index is -0.478. The van der Waals surface area contributed by atoms with E-state index >= 15 is 0 Å². The van der Waals surface area contributed by atoms with E-state index < -0.39 is 11.8 Å². The van der Waals surface area contributed by atoms with Crippen molar-refractivity contribution in [1.82, 2.24) is 10.3 Å². The Balaban J connectivity index is 1.13. The van der Waals surface area contributed by atoms with Gasteiger partial charge in [-0.3, -0.25) is 24.3 Å². The molecule has 2 heterocycles. The van der Waals surface area contributed by atoms with E-state index in [2.05, 4.69) is 15.6 Å². The minimum Gasteiger partial charge on any atom is -0.321 e. The Bertz CT molecular complexity index is 1800. The first kappa shape index (κ1) is 29.0. The van der Waals surface area contributed by atoms with Gasteiger partial charge in [-0.15, -0.1) is 11.8 Å². The van der Waals surface area contributed by atoms with E-state index in [1.807, 2.05) is 66.7 Å². The van der Waals surface area contributed by atoms with E-state index in [1.54, 1.807) is 83.7 Å². The zero-order valence-electron chi connectivity index (χ0n) is 23.3. The number of thioether (sulfide) groups is 1. The molecular weight excluding hydrogens is 589 g/mol. The Kier molecular flexibility index (Phi) is 8.86. The molecule has 0 aliphatic carbocycles. The second-order valence-electron chi connectivity index (χ2n) is 9.70. The van der Waals surface area contributed by atoms with Crippen LogP contribution in [0.15, 0.2) is 148 Å². The van der Waals surface area contributed by atoms with Gasteiger partial charge in [0.15, 0.2) is 0 Å². The summed E-state index contributed by atoms with van der Waals surface area (Å²) in [6.07, 6.45) is 4.82. The number of carbonyl (C=O) groups excluding carboxylic acids is 3.